The van der Waals surface area contributed by atoms with Crippen molar-refractivity contribution >= 4 is 14.1 Å². The lowest BCUT2D eigenvalue weighted by atomic mass is 9.71. The van der Waals surface area contributed by atoms with Gasteiger partial charge in [0.25, 0.3) is 0 Å². The summed E-state index contributed by atoms with van der Waals surface area (Å²) in [5.74, 6) is 0.988. The number of rotatable bonds is 7. The SMILES string of the molecule is C=CCC1CCCCC1C(=O)C(C)(CC)O[Si](C)(C)C. The lowest BCUT2D eigenvalue weighted by molar-refractivity contribution is -0.141. The first-order valence-corrected chi connectivity index (χ1v) is 11.5. The van der Waals surface area contributed by atoms with Crippen LogP contribution in [0, 0.1) is 11.8 Å². The molecule has 3 atom stereocenters. The number of hydrogen-bond acceptors (Lipinski definition) is 2. The molecule has 0 radical (unpaired) electrons. The lowest BCUT2D eigenvalue weighted by Crippen LogP contribution is -2.50. The molecular weight excluding hydrogens is 264 g/mol. The number of Topliss-reactive ketones (excluding diaryl/α,β-unsaturated/α-hetero) is 1. The molecule has 1 rings (SSSR count). The summed E-state index contributed by atoms with van der Waals surface area (Å²) in [5.41, 5.74) is -0.591. The van der Waals surface area contributed by atoms with Gasteiger partial charge in [0.15, 0.2) is 14.1 Å². The fourth-order valence-electron chi connectivity index (χ4n) is 3.41. The highest BCUT2D eigenvalue weighted by Crippen LogP contribution is 2.38. The number of ketones is 1. The molecule has 3 heteroatoms. The van der Waals surface area contributed by atoms with Crippen molar-refractivity contribution < 1.29 is 9.22 Å². The quantitative estimate of drug-likeness (QED) is 0.490. The molecular formula is C17H32O2Si. The summed E-state index contributed by atoms with van der Waals surface area (Å²) in [4.78, 5) is 13.1. The van der Waals surface area contributed by atoms with Gasteiger partial charge in [-0.1, -0.05) is 25.8 Å². The van der Waals surface area contributed by atoms with Crippen molar-refractivity contribution in [1.29, 1.82) is 0 Å². The van der Waals surface area contributed by atoms with E-state index in [1.54, 1.807) is 0 Å². The van der Waals surface area contributed by atoms with Crippen LogP contribution in [-0.4, -0.2) is 19.7 Å². The topological polar surface area (TPSA) is 26.3 Å². The average molecular weight is 297 g/mol. The first-order chi connectivity index (χ1) is 9.23. The Morgan fingerprint density at radius 2 is 1.95 bits per heavy atom. The smallest absolute Gasteiger partial charge is 0.185 e. The van der Waals surface area contributed by atoms with E-state index < -0.39 is 13.9 Å². The van der Waals surface area contributed by atoms with Crippen LogP contribution in [0.4, 0.5) is 0 Å². The van der Waals surface area contributed by atoms with E-state index in [0.29, 0.717) is 11.7 Å². The molecule has 1 saturated carbocycles. The van der Waals surface area contributed by atoms with E-state index in [-0.39, 0.29) is 5.92 Å². The summed E-state index contributed by atoms with van der Waals surface area (Å²) < 4.78 is 6.28. The summed E-state index contributed by atoms with van der Waals surface area (Å²) in [7, 11) is -1.72. The van der Waals surface area contributed by atoms with Crippen molar-refractivity contribution in [3.63, 3.8) is 0 Å². The first kappa shape index (κ1) is 17.6. The molecule has 3 unspecified atom stereocenters. The fourth-order valence-corrected chi connectivity index (χ4v) is 5.01. The third kappa shape index (κ3) is 4.56. The molecule has 1 fully saturated rings. The number of hydrogen-bond donors (Lipinski definition) is 0. The number of allylic oxidation sites excluding steroid dienone is 1. The summed E-state index contributed by atoms with van der Waals surface area (Å²) in [5, 5.41) is 0. The molecule has 0 spiro atoms. The summed E-state index contributed by atoms with van der Waals surface area (Å²) in [6, 6.07) is 0. The predicted octanol–water partition coefficient (Wildman–Crippen LogP) is 4.96. The maximum absolute atomic E-state index is 13.1. The largest absolute Gasteiger partial charge is 0.405 e. The average Bonchev–Trinajstić information content (AvgIpc) is 2.37. The number of carbonyl (C=O) groups excluding carboxylic acids is 1. The minimum Gasteiger partial charge on any atom is -0.405 e. The van der Waals surface area contributed by atoms with Gasteiger partial charge in [-0.3, -0.25) is 4.79 Å². The Labute approximate surface area is 126 Å². The van der Waals surface area contributed by atoms with Crippen LogP contribution in [0.3, 0.4) is 0 Å². The van der Waals surface area contributed by atoms with E-state index >= 15 is 0 Å². The molecule has 0 heterocycles. The van der Waals surface area contributed by atoms with Gasteiger partial charge in [0.2, 0.25) is 0 Å². The van der Waals surface area contributed by atoms with Crippen molar-refractivity contribution in [2.24, 2.45) is 11.8 Å². The molecule has 0 amide bonds. The standard InChI is InChI=1S/C17H32O2Si/c1-7-11-14-12-9-10-13-15(14)16(18)17(3,8-2)19-20(4,5)6/h7,14-15H,1,8-13H2,2-6H3. The second kappa shape index (κ2) is 7.03. The molecule has 1 aliphatic carbocycles. The molecule has 0 aromatic rings. The van der Waals surface area contributed by atoms with Crippen LogP contribution in [0.5, 0.6) is 0 Å². The van der Waals surface area contributed by atoms with Crippen molar-refractivity contribution in [2.45, 2.75) is 77.6 Å². The Hall–Kier alpha value is -0.413. The van der Waals surface area contributed by atoms with Crippen LogP contribution in [0.1, 0.15) is 52.4 Å². The van der Waals surface area contributed by atoms with E-state index in [9.17, 15) is 4.79 Å². The first-order valence-electron chi connectivity index (χ1n) is 8.09. The molecule has 116 valence electrons. The molecule has 0 saturated heterocycles. The minimum absolute atomic E-state index is 0.169. The molecule has 0 N–H and O–H groups in total. The highest BCUT2D eigenvalue weighted by Gasteiger charge is 2.43. The third-order valence-corrected chi connectivity index (χ3v) is 5.51. The zero-order chi connectivity index (χ0) is 15.4. The van der Waals surface area contributed by atoms with Gasteiger partial charge in [-0.25, -0.2) is 0 Å². The minimum atomic E-state index is -1.72. The van der Waals surface area contributed by atoms with Crippen LogP contribution in [0.25, 0.3) is 0 Å². The Kier molecular flexibility index (Phi) is 6.20. The molecule has 0 aromatic carbocycles. The van der Waals surface area contributed by atoms with Gasteiger partial charge in [0.05, 0.1) is 0 Å². The number of carbonyl (C=O) groups is 1. The second-order valence-corrected chi connectivity index (χ2v) is 11.8. The monoisotopic (exact) mass is 296 g/mol. The summed E-state index contributed by atoms with van der Waals surface area (Å²) in [6.07, 6.45) is 8.32. The van der Waals surface area contributed by atoms with Gasteiger partial charge in [-0.05, 0) is 58.2 Å². The van der Waals surface area contributed by atoms with Crippen LogP contribution < -0.4 is 0 Å². The zero-order valence-electron chi connectivity index (χ0n) is 14.0. The highest BCUT2D eigenvalue weighted by atomic mass is 28.4. The van der Waals surface area contributed by atoms with Crippen molar-refractivity contribution in [3.8, 4) is 0 Å². The Bertz CT molecular complexity index is 345. The van der Waals surface area contributed by atoms with E-state index in [4.69, 9.17) is 4.43 Å². The van der Waals surface area contributed by atoms with Crippen molar-refractivity contribution in [2.75, 3.05) is 0 Å². The molecule has 0 bridgehead atoms. The van der Waals surface area contributed by atoms with E-state index in [0.717, 1.165) is 25.7 Å². The van der Waals surface area contributed by atoms with Crippen molar-refractivity contribution in [3.05, 3.63) is 12.7 Å². The van der Waals surface area contributed by atoms with Crippen LogP contribution >= 0.6 is 0 Å². The summed E-state index contributed by atoms with van der Waals surface area (Å²) in [6.45, 7) is 14.4. The summed E-state index contributed by atoms with van der Waals surface area (Å²) >= 11 is 0. The third-order valence-electron chi connectivity index (χ3n) is 4.44. The van der Waals surface area contributed by atoms with Gasteiger partial charge in [-0.2, -0.15) is 0 Å². The van der Waals surface area contributed by atoms with Crippen LogP contribution in [0.2, 0.25) is 19.6 Å². The van der Waals surface area contributed by atoms with Gasteiger partial charge in [-0.15, -0.1) is 6.58 Å². The van der Waals surface area contributed by atoms with Crippen LogP contribution in [-0.2, 0) is 9.22 Å². The van der Waals surface area contributed by atoms with E-state index in [2.05, 4.69) is 33.1 Å². The Balaban J connectivity index is 2.90. The molecule has 0 aliphatic heterocycles. The zero-order valence-corrected chi connectivity index (χ0v) is 15.0. The second-order valence-electron chi connectivity index (χ2n) is 7.34. The molecule has 2 nitrogen and oxygen atoms in total. The van der Waals surface area contributed by atoms with E-state index in [1.807, 2.05) is 13.0 Å². The van der Waals surface area contributed by atoms with E-state index in [1.165, 1.54) is 12.8 Å². The Morgan fingerprint density at radius 1 is 1.35 bits per heavy atom. The van der Waals surface area contributed by atoms with Crippen molar-refractivity contribution in [1.82, 2.24) is 0 Å². The maximum Gasteiger partial charge on any atom is 0.185 e. The highest BCUT2D eigenvalue weighted by molar-refractivity contribution is 6.70. The molecule has 20 heavy (non-hydrogen) atoms. The normalized spacial score (nSPS) is 26.9. The Morgan fingerprint density at radius 3 is 2.45 bits per heavy atom. The van der Waals surface area contributed by atoms with Crippen LogP contribution in [0.15, 0.2) is 12.7 Å². The maximum atomic E-state index is 13.1. The van der Waals surface area contributed by atoms with Gasteiger partial charge in [0.1, 0.15) is 5.60 Å². The molecule has 0 aromatic heterocycles. The molecule has 1 aliphatic rings. The predicted molar refractivity (Wildman–Crippen MR) is 88.4 cm³/mol. The van der Waals surface area contributed by atoms with Gasteiger partial charge >= 0.3 is 0 Å². The van der Waals surface area contributed by atoms with Gasteiger partial charge < -0.3 is 4.43 Å². The fraction of sp³-hybridized carbons (Fsp3) is 0.824. The lowest BCUT2D eigenvalue weighted by Gasteiger charge is -2.40. The van der Waals surface area contributed by atoms with Gasteiger partial charge in [0, 0.05) is 5.92 Å².